The number of hydrogen-bond donors (Lipinski definition) is 1. The fourth-order valence-corrected chi connectivity index (χ4v) is 3.27. The second kappa shape index (κ2) is 19.2. The summed E-state index contributed by atoms with van der Waals surface area (Å²) in [6.45, 7) is 5.06. The number of amides is 1. The van der Waals surface area contributed by atoms with E-state index in [4.69, 9.17) is 0 Å². The van der Waals surface area contributed by atoms with Crippen molar-refractivity contribution in [1.29, 1.82) is 0 Å². The van der Waals surface area contributed by atoms with E-state index in [-0.39, 0.29) is 11.9 Å². The van der Waals surface area contributed by atoms with E-state index in [0.29, 0.717) is 0 Å². The lowest BCUT2D eigenvalue weighted by Gasteiger charge is -2.18. The second-order valence-corrected chi connectivity index (χ2v) is 8.23. The molecule has 0 saturated heterocycles. The molecule has 1 unspecified atom stereocenters. The Hall–Kier alpha value is -0.570. The molecule has 0 fully saturated rings. The van der Waals surface area contributed by atoms with Gasteiger partial charge >= 0.3 is 0 Å². The largest absolute Gasteiger partial charge is 0.355 e. The van der Waals surface area contributed by atoms with Gasteiger partial charge in [0.05, 0.1) is 6.04 Å². The Kier molecular flexibility index (Phi) is 18.8. The van der Waals surface area contributed by atoms with E-state index in [9.17, 15) is 4.79 Å². The van der Waals surface area contributed by atoms with Gasteiger partial charge in [-0.2, -0.15) is 0 Å². The van der Waals surface area contributed by atoms with E-state index in [1.807, 2.05) is 25.9 Å². The molecule has 156 valence electrons. The van der Waals surface area contributed by atoms with Crippen molar-refractivity contribution in [3.63, 3.8) is 0 Å². The number of nitrogens with zero attached hydrogens (tertiary/aromatic N) is 1. The Labute approximate surface area is 164 Å². The summed E-state index contributed by atoms with van der Waals surface area (Å²) in [5.41, 5.74) is 0. The summed E-state index contributed by atoms with van der Waals surface area (Å²) in [5.74, 6) is 0.149. The summed E-state index contributed by atoms with van der Waals surface area (Å²) in [6.07, 6.45) is 22.2. The molecule has 26 heavy (non-hydrogen) atoms. The van der Waals surface area contributed by atoms with E-state index in [1.165, 1.54) is 96.3 Å². The Morgan fingerprint density at radius 3 is 1.38 bits per heavy atom. The normalized spacial score (nSPS) is 12.5. The van der Waals surface area contributed by atoms with Gasteiger partial charge in [0.1, 0.15) is 0 Å². The van der Waals surface area contributed by atoms with Crippen LogP contribution in [0.15, 0.2) is 0 Å². The number of likely N-dealkylation sites (N-methyl/N-ethyl adjacent to an activating group) is 1. The van der Waals surface area contributed by atoms with Crippen LogP contribution in [0.4, 0.5) is 0 Å². The first-order chi connectivity index (χ1) is 12.6. The fourth-order valence-electron chi connectivity index (χ4n) is 3.27. The molecule has 0 saturated carbocycles. The predicted molar refractivity (Wildman–Crippen MR) is 116 cm³/mol. The van der Waals surface area contributed by atoms with Gasteiger partial charge < -0.3 is 5.32 Å². The molecule has 0 aliphatic carbocycles. The molecule has 0 radical (unpaired) electrons. The number of nitrogens with one attached hydrogen (secondary N) is 1. The molecule has 0 aromatic rings. The van der Waals surface area contributed by atoms with Gasteiger partial charge in [-0.3, -0.25) is 9.69 Å². The summed E-state index contributed by atoms with van der Waals surface area (Å²) >= 11 is 0. The zero-order chi connectivity index (χ0) is 19.5. The summed E-state index contributed by atoms with van der Waals surface area (Å²) in [5, 5.41) is 3.03. The molecule has 3 heteroatoms. The minimum atomic E-state index is -0.0314. The van der Waals surface area contributed by atoms with Gasteiger partial charge in [0.15, 0.2) is 0 Å². The maximum atomic E-state index is 11.8. The lowest BCUT2D eigenvalue weighted by molar-refractivity contribution is -0.124. The van der Waals surface area contributed by atoms with Crippen molar-refractivity contribution in [2.24, 2.45) is 0 Å². The van der Waals surface area contributed by atoms with Crippen LogP contribution in [-0.2, 0) is 4.79 Å². The van der Waals surface area contributed by atoms with Crippen LogP contribution in [0.1, 0.15) is 117 Å². The Balaban J connectivity index is 3.15. The van der Waals surface area contributed by atoms with Gasteiger partial charge in [-0.25, -0.2) is 0 Å². The highest BCUT2D eigenvalue weighted by Crippen LogP contribution is 2.13. The van der Waals surface area contributed by atoms with Crippen molar-refractivity contribution in [1.82, 2.24) is 10.2 Å². The van der Waals surface area contributed by atoms with Crippen LogP contribution in [0.25, 0.3) is 0 Å². The Bertz CT molecular complexity index is 305. The minimum Gasteiger partial charge on any atom is -0.355 e. The number of hydrogen-bond acceptors (Lipinski definition) is 2. The monoisotopic (exact) mass is 368 g/mol. The molecule has 0 spiro atoms. The van der Waals surface area contributed by atoms with Crippen molar-refractivity contribution in [2.75, 3.05) is 20.6 Å². The zero-order valence-electron chi connectivity index (χ0n) is 18.5. The second-order valence-electron chi connectivity index (χ2n) is 8.23. The first kappa shape index (κ1) is 25.4. The maximum absolute atomic E-state index is 11.8. The molecule has 1 N–H and O–H groups in total. The minimum absolute atomic E-state index is 0.0314. The van der Waals surface area contributed by atoms with Gasteiger partial charge in [-0.1, -0.05) is 103 Å². The molecule has 0 aromatic carbocycles. The molecule has 3 nitrogen and oxygen atoms in total. The third-order valence-electron chi connectivity index (χ3n) is 5.48. The van der Waals surface area contributed by atoms with Crippen LogP contribution in [-0.4, -0.2) is 37.5 Å². The highest BCUT2D eigenvalue weighted by molar-refractivity contribution is 5.81. The van der Waals surface area contributed by atoms with E-state index in [2.05, 4.69) is 12.2 Å². The molecule has 0 aliphatic heterocycles. The Morgan fingerprint density at radius 1 is 0.692 bits per heavy atom. The molecular weight excluding hydrogens is 320 g/mol. The van der Waals surface area contributed by atoms with Gasteiger partial charge in [-0.15, -0.1) is 0 Å². The van der Waals surface area contributed by atoms with Gasteiger partial charge in [0.25, 0.3) is 0 Å². The molecule has 0 bridgehead atoms. The maximum Gasteiger partial charge on any atom is 0.237 e. The van der Waals surface area contributed by atoms with E-state index < -0.39 is 0 Å². The zero-order valence-corrected chi connectivity index (χ0v) is 18.5. The quantitative estimate of drug-likeness (QED) is 0.271. The summed E-state index contributed by atoms with van der Waals surface area (Å²) in [6, 6.07) is -0.0314. The van der Waals surface area contributed by atoms with Crippen LogP contribution < -0.4 is 5.32 Å². The van der Waals surface area contributed by atoms with Crippen molar-refractivity contribution in [3.05, 3.63) is 0 Å². The van der Waals surface area contributed by atoms with Gasteiger partial charge in [-0.05, 0) is 27.4 Å². The van der Waals surface area contributed by atoms with Crippen molar-refractivity contribution < 1.29 is 4.79 Å². The van der Waals surface area contributed by atoms with E-state index in [0.717, 1.165) is 13.0 Å². The number of rotatable bonds is 19. The molecule has 0 heterocycles. The van der Waals surface area contributed by atoms with Crippen molar-refractivity contribution in [3.8, 4) is 0 Å². The molecule has 1 atom stereocenters. The number of carbonyl (C=O) groups is 1. The number of unbranched alkanes of at least 4 members (excludes halogenated alkanes) is 15. The van der Waals surface area contributed by atoms with E-state index >= 15 is 0 Å². The van der Waals surface area contributed by atoms with Crippen LogP contribution in [0.3, 0.4) is 0 Å². The summed E-state index contributed by atoms with van der Waals surface area (Å²) in [4.78, 5) is 13.7. The first-order valence-corrected chi connectivity index (χ1v) is 11.5. The highest BCUT2D eigenvalue weighted by atomic mass is 16.2. The van der Waals surface area contributed by atoms with Gasteiger partial charge in [0, 0.05) is 6.54 Å². The van der Waals surface area contributed by atoms with Crippen molar-refractivity contribution >= 4 is 5.91 Å². The van der Waals surface area contributed by atoms with Crippen LogP contribution in [0.5, 0.6) is 0 Å². The fraction of sp³-hybridized carbons (Fsp3) is 0.957. The number of carbonyl (C=O) groups excluding carboxylic acids is 1. The summed E-state index contributed by atoms with van der Waals surface area (Å²) < 4.78 is 0. The molecular formula is C23H48N2O. The molecule has 0 aliphatic rings. The van der Waals surface area contributed by atoms with Crippen LogP contribution >= 0.6 is 0 Å². The Morgan fingerprint density at radius 2 is 1.04 bits per heavy atom. The standard InChI is InChI=1S/C23H48N2O/c1-5-6-7-8-9-10-11-12-13-14-15-16-17-18-19-20-21-24-23(26)22(2)25(3)4/h22H,5-21H2,1-4H3,(H,24,26). The third-order valence-corrected chi connectivity index (χ3v) is 5.48. The topological polar surface area (TPSA) is 32.3 Å². The smallest absolute Gasteiger partial charge is 0.237 e. The van der Waals surface area contributed by atoms with Crippen LogP contribution in [0.2, 0.25) is 0 Å². The van der Waals surface area contributed by atoms with Crippen molar-refractivity contribution in [2.45, 2.75) is 123 Å². The lowest BCUT2D eigenvalue weighted by atomic mass is 10.0. The van der Waals surface area contributed by atoms with E-state index in [1.54, 1.807) is 0 Å². The third kappa shape index (κ3) is 16.9. The first-order valence-electron chi connectivity index (χ1n) is 11.5. The van der Waals surface area contributed by atoms with Gasteiger partial charge in [0.2, 0.25) is 5.91 Å². The summed E-state index contributed by atoms with van der Waals surface area (Å²) in [7, 11) is 3.89. The van der Waals surface area contributed by atoms with Crippen LogP contribution in [0, 0.1) is 0 Å². The predicted octanol–water partition coefficient (Wildman–Crippen LogP) is 6.31. The average Bonchev–Trinajstić information content (AvgIpc) is 2.63. The highest BCUT2D eigenvalue weighted by Gasteiger charge is 2.13. The average molecular weight is 369 g/mol. The lowest BCUT2D eigenvalue weighted by Crippen LogP contribution is -2.41. The molecule has 1 amide bonds. The molecule has 0 rings (SSSR count). The SMILES string of the molecule is CCCCCCCCCCCCCCCCCCNC(=O)C(C)N(C)C. The molecule has 0 aromatic heterocycles.